The molecule has 4 aromatic rings. The summed E-state index contributed by atoms with van der Waals surface area (Å²) in [6.45, 7) is 0.00805. The highest BCUT2D eigenvalue weighted by molar-refractivity contribution is 7.80. The third-order valence-corrected chi connectivity index (χ3v) is 6.23. The van der Waals surface area contributed by atoms with Crippen LogP contribution in [0.1, 0.15) is 23.3 Å². The average Bonchev–Trinajstić information content (AvgIpc) is 3.50. The first-order chi connectivity index (χ1) is 17.1. The number of anilines is 2. The van der Waals surface area contributed by atoms with Crippen LogP contribution in [0.25, 0.3) is 5.69 Å². The van der Waals surface area contributed by atoms with E-state index in [2.05, 4.69) is 55.7 Å². The van der Waals surface area contributed by atoms with Gasteiger partial charge >= 0.3 is 0 Å². The first-order valence-corrected chi connectivity index (χ1v) is 11.7. The molecule has 0 spiro atoms. The number of rotatable bonds is 7. The molecule has 1 aliphatic rings. The molecule has 2 aromatic carbocycles. The lowest BCUT2D eigenvalue weighted by Crippen LogP contribution is -2.29. The molecule has 0 radical (unpaired) electrons. The van der Waals surface area contributed by atoms with E-state index in [0.717, 1.165) is 22.6 Å². The third kappa shape index (κ3) is 4.80. The van der Waals surface area contributed by atoms with Gasteiger partial charge in [0.15, 0.2) is 5.11 Å². The number of nitrogens with zero attached hydrogens (tertiary/aromatic N) is 3. The molecule has 5 rings (SSSR count). The predicted molar refractivity (Wildman–Crippen MR) is 141 cm³/mol. The number of carbonyl (C=O) groups is 1. The molecular weight excluding hydrogens is 458 g/mol. The number of pyridine rings is 1. The van der Waals surface area contributed by atoms with Gasteiger partial charge in [-0.15, -0.1) is 0 Å². The van der Waals surface area contributed by atoms with Crippen LogP contribution >= 0.6 is 12.2 Å². The predicted octanol–water partition coefficient (Wildman–Crippen LogP) is 4.63. The fraction of sp³-hybridized carbons (Fsp3) is 0.148. The number of nitrogens with one attached hydrogen (secondary N) is 2. The fourth-order valence-corrected chi connectivity index (χ4v) is 4.70. The molecule has 35 heavy (non-hydrogen) atoms. The number of benzene rings is 2. The van der Waals surface area contributed by atoms with Gasteiger partial charge < -0.3 is 24.8 Å². The zero-order valence-corrected chi connectivity index (χ0v) is 20.0. The van der Waals surface area contributed by atoms with E-state index in [9.17, 15) is 4.79 Å². The van der Waals surface area contributed by atoms with E-state index >= 15 is 0 Å². The van der Waals surface area contributed by atoms with Crippen LogP contribution in [0, 0.1) is 0 Å². The Bertz CT molecular complexity index is 1310. The van der Waals surface area contributed by atoms with Gasteiger partial charge in [0.2, 0.25) is 5.91 Å². The van der Waals surface area contributed by atoms with E-state index < -0.39 is 0 Å². The van der Waals surface area contributed by atoms with E-state index in [0.29, 0.717) is 10.8 Å². The van der Waals surface area contributed by atoms with Crippen molar-refractivity contribution in [2.45, 2.75) is 12.1 Å². The molecule has 8 heteroatoms. The molecule has 7 nitrogen and oxygen atoms in total. The average molecular weight is 484 g/mol. The zero-order chi connectivity index (χ0) is 24.2. The van der Waals surface area contributed by atoms with Crippen LogP contribution < -0.4 is 15.5 Å². The van der Waals surface area contributed by atoms with Crippen molar-refractivity contribution in [1.82, 2.24) is 14.9 Å². The summed E-state index contributed by atoms with van der Waals surface area (Å²) in [5, 5.41) is 6.93. The SMILES string of the molecule is COCC(=O)Nc1ccc(N2C(=S)N[C@@H](c3ccccn3)[C@H]2c2ccn(-c3ccccc3)c2)cc1. The van der Waals surface area contributed by atoms with Gasteiger partial charge in [-0.25, -0.2) is 0 Å². The molecule has 1 saturated heterocycles. The normalized spacial score (nSPS) is 17.3. The standard InChI is InChI=1S/C27H25N5O2S/c1-34-18-24(33)29-20-10-12-22(13-11-20)32-26(25(30-27(32)35)23-9-5-6-15-28-23)19-14-16-31(17-19)21-7-3-2-4-8-21/h2-17,25-26H,18H2,1H3,(H,29,33)(H,30,35)/t25-,26+/m0/s1. The number of thiocarbonyl (C=S) groups is 1. The van der Waals surface area contributed by atoms with Crippen LogP contribution in [-0.4, -0.2) is 34.3 Å². The van der Waals surface area contributed by atoms with Crippen molar-refractivity contribution in [3.8, 4) is 5.69 Å². The van der Waals surface area contributed by atoms with Crippen molar-refractivity contribution in [1.29, 1.82) is 0 Å². The molecule has 0 aliphatic carbocycles. The maximum Gasteiger partial charge on any atom is 0.250 e. The summed E-state index contributed by atoms with van der Waals surface area (Å²) in [6, 6.07) is 25.6. The van der Waals surface area contributed by atoms with Crippen molar-refractivity contribution in [3.05, 3.63) is 109 Å². The topological polar surface area (TPSA) is 71.4 Å². The van der Waals surface area contributed by atoms with Crippen LogP contribution in [0.15, 0.2) is 97.5 Å². The monoisotopic (exact) mass is 483 g/mol. The summed E-state index contributed by atoms with van der Waals surface area (Å²) >= 11 is 5.81. The molecule has 0 unspecified atom stereocenters. The Morgan fingerprint density at radius 3 is 2.51 bits per heavy atom. The van der Waals surface area contributed by atoms with Gasteiger partial charge in [0, 0.05) is 42.8 Å². The van der Waals surface area contributed by atoms with Gasteiger partial charge in [-0.05, 0) is 72.4 Å². The van der Waals surface area contributed by atoms with Crippen LogP contribution in [0.2, 0.25) is 0 Å². The number of ether oxygens (including phenoxy) is 1. The van der Waals surface area contributed by atoms with Crippen LogP contribution in [-0.2, 0) is 9.53 Å². The number of amides is 1. The Balaban J connectivity index is 1.50. The lowest BCUT2D eigenvalue weighted by atomic mass is 9.98. The fourth-order valence-electron chi connectivity index (χ4n) is 4.35. The molecule has 0 saturated carbocycles. The van der Waals surface area contributed by atoms with Crippen molar-refractivity contribution < 1.29 is 9.53 Å². The van der Waals surface area contributed by atoms with E-state index in [-0.39, 0.29) is 24.6 Å². The minimum atomic E-state index is -0.200. The van der Waals surface area contributed by atoms with Gasteiger partial charge in [-0.1, -0.05) is 24.3 Å². The molecule has 2 N–H and O–H groups in total. The molecule has 3 heterocycles. The number of aromatic nitrogens is 2. The first-order valence-electron chi connectivity index (χ1n) is 11.3. The van der Waals surface area contributed by atoms with E-state index in [1.165, 1.54) is 7.11 Å². The Morgan fingerprint density at radius 2 is 1.80 bits per heavy atom. The quantitative estimate of drug-likeness (QED) is 0.374. The lowest BCUT2D eigenvalue weighted by Gasteiger charge is -2.27. The van der Waals surface area contributed by atoms with Crippen LogP contribution in [0.4, 0.5) is 11.4 Å². The van der Waals surface area contributed by atoms with E-state index in [1.807, 2.05) is 60.7 Å². The zero-order valence-electron chi connectivity index (χ0n) is 19.2. The summed E-state index contributed by atoms with van der Waals surface area (Å²) in [7, 11) is 1.49. The highest BCUT2D eigenvalue weighted by Gasteiger charge is 2.41. The Kier molecular flexibility index (Phi) is 6.56. The first kappa shape index (κ1) is 22.8. The van der Waals surface area contributed by atoms with Gasteiger partial charge in [0.1, 0.15) is 6.61 Å². The second-order valence-corrected chi connectivity index (χ2v) is 8.60. The molecule has 0 bridgehead atoms. The Morgan fingerprint density at radius 1 is 1.03 bits per heavy atom. The third-order valence-electron chi connectivity index (χ3n) is 5.91. The maximum absolute atomic E-state index is 11.9. The summed E-state index contributed by atoms with van der Waals surface area (Å²) < 4.78 is 7.00. The van der Waals surface area contributed by atoms with E-state index in [1.54, 1.807) is 6.20 Å². The van der Waals surface area contributed by atoms with Gasteiger partial charge in [0.05, 0.1) is 17.8 Å². The Labute approximate surface area is 209 Å². The van der Waals surface area contributed by atoms with Gasteiger partial charge in [0.25, 0.3) is 0 Å². The number of methoxy groups -OCH3 is 1. The number of para-hydroxylation sites is 1. The second kappa shape index (κ2) is 10.1. The lowest BCUT2D eigenvalue weighted by molar-refractivity contribution is -0.119. The van der Waals surface area contributed by atoms with Crippen molar-refractivity contribution >= 4 is 34.6 Å². The van der Waals surface area contributed by atoms with Crippen molar-refractivity contribution in [3.63, 3.8) is 0 Å². The van der Waals surface area contributed by atoms with Gasteiger partial charge in [-0.3, -0.25) is 9.78 Å². The second-order valence-electron chi connectivity index (χ2n) is 8.21. The molecule has 176 valence electrons. The highest BCUT2D eigenvalue weighted by atomic mass is 32.1. The minimum Gasteiger partial charge on any atom is -0.375 e. The van der Waals surface area contributed by atoms with Crippen LogP contribution in [0.5, 0.6) is 0 Å². The van der Waals surface area contributed by atoms with E-state index in [4.69, 9.17) is 17.0 Å². The number of hydrogen-bond acceptors (Lipinski definition) is 4. The molecule has 2 atom stereocenters. The molecule has 1 aliphatic heterocycles. The molecule has 1 amide bonds. The number of carbonyl (C=O) groups excluding carboxylic acids is 1. The number of hydrogen-bond donors (Lipinski definition) is 2. The minimum absolute atomic E-state index is 0.00805. The highest BCUT2D eigenvalue weighted by Crippen LogP contribution is 2.42. The summed E-state index contributed by atoms with van der Waals surface area (Å²) in [5.41, 5.74) is 4.72. The summed E-state index contributed by atoms with van der Waals surface area (Å²) in [6.07, 6.45) is 6.00. The summed E-state index contributed by atoms with van der Waals surface area (Å²) in [4.78, 5) is 18.6. The molecular formula is C27H25N5O2S. The van der Waals surface area contributed by atoms with Gasteiger partial charge in [-0.2, -0.15) is 0 Å². The van der Waals surface area contributed by atoms with Crippen LogP contribution in [0.3, 0.4) is 0 Å². The van der Waals surface area contributed by atoms with Crippen molar-refractivity contribution in [2.75, 3.05) is 23.9 Å². The summed E-state index contributed by atoms with van der Waals surface area (Å²) in [5.74, 6) is -0.200. The molecule has 2 aromatic heterocycles. The smallest absolute Gasteiger partial charge is 0.250 e. The maximum atomic E-state index is 11.9. The molecule has 1 fully saturated rings. The van der Waals surface area contributed by atoms with Crippen molar-refractivity contribution in [2.24, 2.45) is 0 Å². The largest absolute Gasteiger partial charge is 0.375 e. The Hall–Kier alpha value is -4.01.